The number of esters is 1. The molecule has 5 atom stereocenters. The van der Waals surface area contributed by atoms with E-state index < -0.39 is 36.1 Å². The molecule has 2 fully saturated rings. The number of rotatable bonds is 1. The van der Waals surface area contributed by atoms with Crippen molar-refractivity contribution in [1.82, 2.24) is 0 Å². The smallest absolute Gasteiger partial charge is 0.309 e. The lowest BCUT2D eigenvalue weighted by atomic mass is 9.65. The van der Waals surface area contributed by atoms with Crippen LogP contribution in [0.15, 0.2) is 0 Å². The fourth-order valence-electron chi connectivity index (χ4n) is 3.10. The van der Waals surface area contributed by atoms with Crippen LogP contribution in [0.2, 0.25) is 0 Å². The molecule has 0 aromatic rings. The minimum absolute atomic E-state index is 0.271. The summed E-state index contributed by atoms with van der Waals surface area (Å²) in [6, 6.07) is 0. The SMILES string of the molecule is CC1OC(=O)[C@@H]2CC(F)(F)C(C)C(CO)C12. The van der Waals surface area contributed by atoms with Crippen LogP contribution in [0.4, 0.5) is 8.78 Å². The molecule has 3 nitrogen and oxygen atoms in total. The number of hydrogen-bond acceptors (Lipinski definition) is 3. The number of carbonyl (C=O) groups excluding carboxylic acids is 1. The van der Waals surface area contributed by atoms with Gasteiger partial charge in [-0.1, -0.05) is 6.92 Å². The zero-order chi connectivity index (χ0) is 12.1. The molecule has 1 aliphatic carbocycles. The number of fused-ring (bicyclic) bond motifs is 1. The molecule has 0 radical (unpaired) electrons. The first-order valence-corrected chi connectivity index (χ1v) is 5.57. The summed E-state index contributed by atoms with van der Waals surface area (Å²) < 4.78 is 32.3. The van der Waals surface area contributed by atoms with Crippen molar-refractivity contribution >= 4 is 5.97 Å². The number of carbonyl (C=O) groups is 1. The Balaban J connectivity index is 2.32. The molecule has 0 amide bonds. The van der Waals surface area contributed by atoms with Gasteiger partial charge in [0.2, 0.25) is 0 Å². The van der Waals surface area contributed by atoms with Gasteiger partial charge in [-0.25, -0.2) is 8.78 Å². The molecular weight excluding hydrogens is 218 g/mol. The third-order valence-electron chi connectivity index (χ3n) is 4.12. The first-order valence-electron chi connectivity index (χ1n) is 5.57. The fraction of sp³-hybridized carbons (Fsp3) is 0.909. The van der Waals surface area contributed by atoms with Crippen molar-refractivity contribution in [2.75, 3.05) is 6.61 Å². The van der Waals surface area contributed by atoms with Crippen molar-refractivity contribution in [1.29, 1.82) is 0 Å². The minimum Gasteiger partial charge on any atom is -0.462 e. The van der Waals surface area contributed by atoms with Crippen LogP contribution in [0.3, 0.4) is 0 Å². The summed E-state index contributed by atoms with van der Waals surface area (Å²) in [7, 11) is 0. The van der Waals surface area contributed by atoms with E-state index in [-0.39, 0.29) is 18.6 Å². The predicted octanol–water partition coefficient (Wildman–Crippen LogP) is 1.45. The van der Waals surface area contributed by atoms with Crippen molar-refractivity contribution < 1.29 is 23.4 Å². The van der Waals surface area contributed by atoms with Crippen LogP contribution < -0.4 is 0 Å². The van der Waals surface area contributed by atoms with Gasteiger partial charge in [-0.05, 0) is 12.8 Å². The lowest BCUT2D eigenvalue weighted by Crippen LogP contribution is -2.48. The van der Waals surface area contributed by atoms with Gasteiger partial charge in [0.25, 0.3) is 5.92 Å². The number of hydrogen-bond donors (Lipinski definition) is 1. The Bertz CT molecular complexity index is 306. The second-order valence-electron chi connectivity index (χ2n) is 4.93. The van der Waals surface area contributed by atoms with Crippen molar-refractivity contribution in [3.05, 3.63) is 0 Å². The highest BCUT2D eigenvalue weighted by Crippen LogP contribution is 2.51. The molecule has 1 N–H and O–H groups in total. The molecule has 0 aromatic carbocycles. The van der Waals surface area contributed by atoms with Gasteiger partial charge in [-0.2, -0.15) is 0 Å². The Morgan fingerprint density at radius 1 is 1.50 bits per heavy atom. The summed E-state index contributed by atoms with van der Waals surface area (Å²) in [5.74, 6) is -5.92. The number of cyclic esters (lactones) is 1. The average molecular weight is 234 g/mol. The molecule has 1 heterocycles. The molecule has 92 valence electrons. The highest BCUT2D eigenvalue weighted by Gasteiger charge is 2.59. The van der Waals surface area contributed by atoms with Gasteiger partial charge in [0.15, 0.2) is 0 Å². The normalized spacial score (nSPS) is 46.3. The van der Waals surface area contributed by atoms with Gasteiger partial charge in [0.1, 0.15) is 6.10 Å². The largest absolute Gasteiger partial charge is 0.462 e. The van der Waals surface area contributed by atoms with Gasteiger partial charge in [0.05, 0.1) is 5.92 Å². The molecule has 5 heteroatoms. The molecule has 0 bridgehead atoms. The summed E-state index contributed by atoms with van der Waals surface area (Å²) in [4.78, 5) is 11.4. The Morgan fingerprint density at radius 2 is 2.12 bits per heavy atom. The topological polar surface area (TPSA) is 46.5 Å². The molecule has 2 rings (SSSR count). The van der Waals surface area contributed by atoms with Crippen molar-refractivity contribution in [3.63, 3.8) is 0 Å². The van der Waals surface area contributed by atoms with E-state index >= 15 is 0 Å². The van der Waals surface area contributed by atoms with E-state index in [1.165, 1.54) is 6.92 Å². The number of halogens is 2. The van der Waals surface area contributed by atoms with E-state index in [4.69, 9.17) is 4.74 Å². The second kappa shape index (κ2) is 3.65. The Kier molecular flexibility index (Phi) is 2.69. The monoisotopic (exact) mass is 234 g/mol. The lowest BCUT2D eigenvalue weighted by Gasteiger charge is -2.41. The molecule has 1 saturated carbocycles. The number of aliphatic hydroxyl groups is 1. The van der Waals surface area contributed by atoms with E-state index in [1.54, 1.807) is 6.92 Å². The van der Waals surface area contributed by atoms with Crippen molar-refractivity contribution in [3.8, 4) is 0 Å². The Labute approximate surface area is 92.8 Å². The number of aliphatic hydroxyl groups excluding tert-OH is 1. The average Bonchev–Trinajstić information content (AvgIpc) is 2.44. The van der Waals surface area contributed by atoms with Crippen LogP contribution in [-0.4, -0.2) is 29.7 Å². The highest BCUT2D eigenvalue weighted by atomic mass is 19.3. The maximum atomic E-state index is 13.7. The summed E-state index contributed by atoms with van der Waals surface area (Å²) in [5.41, 5.74) is 0. The third-order valence-corrected chi connectivity index (χ3v) is 4.12. The van der Waals surface area contributed by atoms with Crippen LogP contribution in [0.1, 0.15) is 20.3 Å². The second-order valence-corrected chi connectivity index (χ2v) is 4.93. The van der Waals surface area contributed by atoms with E-state index in [0.717, 1.165) is 0 Å². The number of ether oxygens (including phenoxy) is 1. The van der Waals surface area contributed by atoms with Crippen LogP contribution >= 0.6 is 0 Å². The van der Waals surface area contributed by atoms with Gasteiger partial charge in [0, 0.05) is 24.9 Å². The van der Waals surface area contributed by atoms with Gasteiger partial charge < -0.3 is 9.84 Å². The fourth-order valence-corrected chi connectivity index (χ4v) is 3.10. The van der Waals surface area contributed by atoms with Crippen LogP contribution in [0.5, 0.6) is 0 Å². The maximum Gasteiger partial charge on any atom is 0.309 e. The van der Waals surface area contributed by atoms with Crippen LogP contribution in [-0.2, 0) is 9.53 Å². The molecule has 0 spiro atoms. The van der Waals surface area contributed by atoms with Gasteiger partial charge >= 0.3 is 5.97 Å². The predicted molar refractivity (Wildman–Crippen MR) is 51.8 cm³/mol. The van der Waals surface area contributed by atoms with E-state index in [9.17, 15) is 18.7 Å². The maximum absolute atomic E-state index is 13.7. The molecule has 2 aliphatic rings. The molecule has 1 aliphatic heterocycles. The first-order chi connectivity index (χ1) is 7.38. The lowest BCUT2D eigenvalue weighted by molar-refractivity contribution is -0.157. The molecule has 1 saturated heterocycles. The Hall–Kier alpha value is -0.710. The number of alkyl halides is 2. The van der Waals surface area contributed by atoms with E-state index in [2.05, 4.69) is 0 Å². The third kappa shape index (κ3) is 1.52. The van der Waals surface area contributed by atoms with Crippen LogP contribution in [0, 0.1) is 23.7 Å². The van der Waals surface area contributed by atoms with Gasteiger partial charge in [-0.15, -0.1) is 0 Å². The first kappa shape index (κ1) is 11.8. The van der Waals surface area contributed by atoms with E-state index in [1.807, 2.05) is 0 Å². The molecular formula is C11H16F2O3. The zero-order valence-corrected chi connectivity index (χ0v) is 9.32. The standard InChI is InChI=1S/C11H16F2O3/c1-5-8(4-14)9-6(2)16-10(15)7(9)3-11(5,12)13/h5-9,14H,3-4H2,1-2H3/t5?,6?,7-,8?,9?/m1/s1. The molecule has 16 heavy (non-hydrogen) atoms. The van der Waals surface area contributed by atoms with Gasteiger partial charge in [-0.3, -0.25) is 4.79 Å². The zero-order valence-electron chi connectivity index (χ0n) is 9.32. The molecule has 0 aromatic heterocycles. The summed E-state index contributed by atoms with van der Waals surface area (Å²) in [5, 5.41) is 9.24. The highest BCUT2D eigenvalue weighted by molar-refractivity contribution is 5.75. The van der Waals surface area contributed by atoms with E-state index in [0.29, 0.717) is 0 Å². The Morgan fingerprint density at radius 3 is 2.69 bits per heavy atom. The molecule has 4 unspecified atom stereocenters. The van der Waals surface area contributed by atoms with Crippen molar-refractivity contribution in [2.24, 2.45) is 23.7 Å². The summed E-state index contributed by atoms with van der Waals surface area (Å²) >= 11 is 0. The summed E-state index contributed by atoms with van der Waals surface area (Å²) in [6.07, 6.45) is -0.813. The quantitative estimate of drug-likeness (QED) is 0.698. The minimum atomic E-state index is -2.89. The summed E-state index contributed by atoms with van der Waals surface area (Å²) in [6.45, 7) is 2.83. The van der Waals surface area contributed by atoms with Crippen LogP contribution in [0.25, 0.3) is 0 Å². The van der Waals surface area contributed by atoms with Crippen molar-refractivity contribution in [2.45, 2.75) is 32.3 Å².